The molecule has 2 N–H and O–H groups in total. The Labute approximate surface area is 62.4 Å². The van der Waals surface area contributed by atoms with Crippen LogP contribution in [0.1, 0.15) is 19.3 Å². The lowest BCUT2D eigenvalue weighted by Gasteiger charge is -2.15. The summed E-state index contributed by atoms with van der Waals surface area (Å²) in [5.74, 6) is 0. The minimum atomic E-state index is 0.683. The fraction of sp³-hybridized carbons (Fsp3) is 1.00. The number of hydrogen-bond acceptors (Lipinski definition) is 2. The van der Waals surface area contributed by atoms with Gasteiger partial charge in [0.2, 0.25) is 0 Å². The van der Waals surface area contributed by atoms with Gasteiger partial charge >= 0.3 is 0 Å². The van der Waals surface area contributed by atoms with Gasteiger partial charge in [-0.2, -0.15) is 0 Å². The Morgan fingerprint density at radius 1 is 1.60 bits per heavy atom. The van der Waals surface area contributed by atoms with E-state index < -0.39 is 0 Å². The lowest BCUT2D eigenvalue weighted by atomic mass is 10.0. The van der Waals surface area contributed by atoms with Crippen LogP contribution in [0.15, 0.2) is 0 Å². The zero-order valence-electron chi connectivity index (χ0n) is 6.64. The SMILES string of the molecule is CN1CC2(CC2)CC1CN. The highest BCUT2D eigenvalue weighted by atomic mass is 15.2. The summed E-state index contributed by atoms with van der Waals surface area (Å²) in [6.45, 7) is 2.15. The summed E-state index contributed by atoms with van der Waals surface area (Å²) in [4.78, 5) is 2.42. The second kappa shape index (κ2) is 1.95. The van der Waals surface area contributed by atoms with Crippen LogP contribution in [0.4, 0.5) is 0 Å². The summed E-state index contributed by atoms with van der Waals surface area (Å²) >= 11 is 0. The van der Waals surface area contributed by atoms with E-state index in [2.05, 4.69) is 11.9 Å². The summed E-state index contributed by atoms with van der Waals surface area (Å²) in [5, 5.41) is 0. The molecule has 1 atom stereocenters. The van der Waals surface area contributed by atoms with Crippen molar-refractivity contribution < 1.29 is 0 Å². The lowest BCUT2D eigenvalue weighted by molar-refractivity contribution is 0.312. The Morgan fingerprint density at radius 3 is 2.60 bits per heavy atom. The Hall–Kier alpha value is -0.0800. The van der Waals surface area contributed by atoms with Crippen LogP contribution in [0.2, 0.25) is 0 Å². The summed E-state index contributed by atoms with van der Waals surface area (Å²) < 4.78 is 0. The molecule has 58 valence electrons. The standard InChI is InChI=1S/C8H16N2/c1-10-6-8(2-3-8)4-7(10)5-9/h7H,2-6,9H2,1H3. The molecule has 0 aromatic rings. The van der Waals surface area contributed by atoms with Gasteiger partial charge in [0.1, 0.15) is 0 Å². The van der Waals surface area contributed by atoms with Crippen LogP contribution in [0.5, 0.6) is 0 Å². The Kier molecular flexibility index (Phi) is 1.29. The number of likely N-dealkylation sites (N-methyl/N-ethyl adjacent to an activating group) is 1. The molecule has 0 amide bonds. The quantitative estimate of drug-likeness (QED) is 0.572. The number of nitrogens with zero attached hydrogens (tertiary/aromatic N) is 1. The van der Waals surface area contributed by atoms with Gasteiger partial charge < -0.3 is 10.6 Å². The maximum Gasteiger partial charge on any atom is 0.0221 e. The van der Waals surface area contributed by atoms with Crippen LogP contribution in [-0.4, -0.2) is 31.1 Å². The van der Waals surface area contributed by atoms with Crippen LogP contribution < -0.4 is 5.73 Å². The minimum Gasteiger partial charge on any atom is -0.329 e. The highest BCUT2D eigenvalue weighted by molar-refractivity contribution is 5.03. The van der Waals surface area contributed by atoms with Gasteiger partial charge in [0.05, 0.1) is 0 Å². The summed E-state index contributed by atoms with van der Waals surface area (Å²) in [6.07, 6.45) is 4.27. The zero-order valence-corrected chi connectivity index (χ0v) is 6.64. The molecule has 10 heavy (non-hydrogen) atoms. The Bertz CT molecular complexity index is 140. The van der Waals surface area contributed by atoms with Gasteiger partial charge in [-0.15, -0.1) is 0 Å². The molecular formula is C8H16N2. The Balaban J connectivity index is 2.00. The lowest BCUT2D eigenvalue weighted by Crippen LogP contribution is -2.31. The number of rotatable bonds is 1. The molecule has 0 aromatic carbocycles. The largest absolute Gasteiger partial charge is 0.329 e. The monoisotopic (exact) mass is 140 g/mol. The minimum absolute atomic E-state index is 0.683. The molecule has 1 saturated carbocycles. The van der Waals surface area contributed by atoms with Gasteiger partial charge in [-0.05, 0) is 31.7 Å². The third kappa shape index (κ3) is 0.867. The molecule has 2 heteroatoms. The molecule has 1 spiro atoms. The summed E-state index contributed by atoms with van der Waals surface area (Å²) in [6, 6.07) is 0.683. The third-order valence-electron chi connectivity index (χ3n) is 3.11. The maximum absolute atomic E-state index is 5.63. The van der Waals surface area contributed by atoms with Crippen molar-refractivity contribution in [2.45, 2.75) is 25.3 Å². The van der Waals surface area contributed by atoms with Crippen molar-refractivity contribution >= 4 is 0 Å². The van der Waals surface area contributed by atoms with Crippen molar-refractivity contribution in [3.8, 4) is 0 Å². The average Bonchev–Trinajstić information content (AvgIpc) is 2.55. The number of hydrogen-bond donors (Lipinski definition) is 1. The molecule has 1 heterocycles. The molecule has 0 aromatic heterocycles. The average molecular weight is 140 g/mol. The van der Waals surface area contributed by atoms with Crippen LogP contribution in [0.3, 0.4) is 0 Å². The first-order valence-electron chi connectivity index (χ1n) is 4.16. The molecule has 2 aliphatic rings. The second-order valence-electron chi connectivity index (χ2n) is 4.01. The predicted molar refractivity (Wildman–Crippen MR) is 41.8 cm³/mol. The van der Waals surface area contributed by atoms with Crippen molar-refractivity contribution in [1.82, 2.24) is 4.90 Å². The van der Waals surface area contributed by atoms with E-state index in [4.69, 9.17) is 5.73 Å². The van der Waals surface area contributed by atoms with Gasteiger partial charge in [-0.3, -0.25) is 0 Å². The first-order chi connectivity index (χ1) is 4.76. The van der Waals surface area contributed by atoms with Gasteiger partial charge in [0.15, 0.2) is 0 Å². The Morgan fingerprint density at radius 2 is 2.30 bits per heavy atom. The van der Waals surface area contributed by atoms with Crippen molar-refractivity contribution in [2.24, 2.45) is 11.1 Å². The van der Waals surface area contributed by atoms with Crippen molar-refractivity contribution in [1.29, 1.82) is 0 Å². The van der Waals surface area contributed by atoms with Gasteiger partial charge in [-0.25, -0.2) is 0 Å². The van der Waals surface area contributed by atoms with Crippen molar-refractivity contribution in [3.05, 3.63) is 0 Å². The highest BCUT2D eigenvalue weighted by Crippen LogP contribution is 2.54. The van der Waals surface area contributed by atoms with Gasteiger partial charge in [0.25, 0.3) is 0 Å². The molecule has 2 nitrogen and oxygen atoms in total. The molecule has 2 fully saturated rings. The summed E-state index contributed by atoms with van der Waals surface area (Å²) in [5.41, 5.74) is 6.37. The molecular weight excluding hydrogens is 124 g/mol. The topological polar surface area (TPSA) is 29.3 Å². The second-order valence-corrected chi connectivity index (χ2v) is 4.01. The van der Waals surface area contributed by atoms with Gasteiger partial charge in [-0.1, -0.05) is 0 Å². The molecule has 0 bridgehead atoms. The smallest absolute Gasteiger partial charge is 0.0221 e. The van der Waals surface area contributed by atoms with Crippen LogP contribution in [0, 0.1) is 5.41 Å². The maximum atomic E-state index is 5.63. The van der Waals surface area contributed by atoms with E-state index in [9.17, 15) is 0 Å². The molecule has 0 radical (unpaired) electrons. The molecule has 1 saturated heterocycles. The zero-order chi connectivity index (χ0) is 7.19. The number of likely N-dealkylation sites (tertiary alicyclic amines) is 1. The normalized spacial score (nSPS) is 37.2. The fourth-order valence-corrected chi connectivity index (χ4v) is 2.18. The van der Waals surface area contributed by atoms with Gasteiger partial charge in [0, 0.05) is 19.1 Å². The van der Waals surface area contributed by atoms with E-state index >= 15 is 0 Å². The van der Waals surface area contributed by atoms with E-state index in [0.29, 0.717) is 6.04 Å². The summed E-state index contributed by atoms with van der Waals surface area (Å²) in [7, 11) is 2.20. The van der Waals surface area contributed by atoms with E-state index in [1.807, 2.05) is 0 Å². The van der Waals surface area contributed by atoms with E-state index in [1.165, 1.54) is 25.8 Å². The fourth-order valence-electron chi connectivity index (χ4n) is 2.18. The molecule has 1 aliphatic carbocycles. The molecule has 1 aliphatic heterocycles. The molecule has 1 unspecified atom stereocenters. The van der Waals surface area contributed by atoms with Crippen molar-refractivity contribution in [3.63, 3.8) is 0 Å². The first-order valence-corrected chi connectivity index (χ1v) is 4.16. The third-order valence-corrected chi connectivity index (χ3v) is 3.11. The van der Waals surface area contributed by atoms with Crippen LogP contribution in [0.25, 0.3) is 0 Å². The van der Waals surface area contributed by atoms with E-state index in [1.54, 1.807) is 0 Å². The van der Waals surface area contributed by atoms with Crippen LogP contribution >= 0.6 is 0 Å². The van der Waals surface area contributed by atoms with Crippen molar-refractivity contribution in [2.75, 3.05) is 20.1 Å². The van der Waals surface area contributed by atoms with E-state index in [-0.39, 0.29) is 0 Å². The van der Waals surface area contributed by atoms with E-state index in [0.717, 1.165) is 12.0 Å². The molecule has 2 rings (SSSR count). The highest BCUT2D eigenvalue weighted by Gasteiger charge is 2.50. The number of nitrogens with two attached hydrogens (primary N) is 1. The first kappa shape index (κ1) is 6.62. The van der Waals surface area contributed by atoms with Crippen LogP contribution in [-0.2, 0) is 0 Å². The predicted octanol–water partition coefficient (Wildman–Crippen LogP) is 0.429.